The number of hydrogen-bond donors (Lipinski definition) is 0. The Morgan fingerprint density at radius 3 is 2.38 bits per heavy atom. The van der Waals surface area contributed by atoms with Gasteiger partial charge in [0.25, 0.3) is 0 Å². The van der Waals surface area contributed by atoms with Crippen molar-refractivity contribution in [2.75, 3.05) is 0 Å². The van der Waals surface area contributed by atoms with Crippen LogP contribution >= 0.6 is 0 Å². The summed E-state index contributed by atoms with van der Waals surface area (Å²) in [7, 11) is -2.34. The van der Waals surface area contributed by atoms with Gasteiger partial charge in [-0.2, -0.15) is 27.1 Å². The molecule has 0 unspecified atom stereocenters. The quantitative estimate of drug-likeness (QED) is 0.361. The lowest BCUT2D eigenvalue weighted by Gasteiger charge is -2.08. The number of aryl methyl sites for hydroxylation is 1. The highest BCUT2D eigenvalue weighted by atomic mass is 32.2. The largest absolute Gasteiger partial charge is 0.301 e. The maximum Gasteiger partial charge on any atom is 0.301 e. The lowest BCUT2D eigenvalue weighted by atomic mass is 10.1. The number of aromatic nitrogens is 8. The monoisotopic (exact) mass is 474 g/mol. The van der Waals surface area contributed by atoms with Gasteiger partial charge in [-0.15, -0.1) is 0 Å². The van der Waals surface area contributed by atoms with Crippen molar-refractivity contribution in [2.24, 2.45) is 7.05 Å². The summed E-state index contributed by atoms with van der Waals surface area (Å²) in [5.74, 6) is -0.597. The highest BCUT2D eigenvalue weighted by Gasteiger charge is 2.25. The Bertz CT molecular complexity index is 1800. The third-order valence-corrected chi connectivity index (χ3v) is 7.03. The number of nitrogens with zero attached hydrogens (tertiary/aromatic N) is 8. The van der Waals surface area contributed by atoms with Gasteiger partial charge in [0.2, 0.25) is 5.95 Å². The van der Waals surface area contributed by atoms with E-state index in [2.05, 4.69) is 25.1 Å². The van der Waals surface area contributed by atoms with Crippen LogP contribution in [0.1, 0.15) is 0 Å². The van der Waals surface area contributed by atoms with Crippen LogP contribution in [-0.4, -0.2) is 46.7 Å². The van der Waals surface area contributed by atoms with E-state index < -0.39 is 16.0 Å². The summed E-state index contributed by atoms with van der Waals surface area (Å²) in [6, 6.07) is 7.97. The first-order valence-corrected chi connectivity index (χ1v) is 11.5. The van der Waals surface area contributed by atoms with Crippen LogP contribution < -0.4 is 0 Å². The zero-order valence-electron chi connectivity index (χ0n) is 17.6. The Kier molecular flexibility index (Phi) is 4.32. The molecule has 6 aromatic heterocycles. The first-order valence-electron chi connectivity index (χ1n) is 10.1. The topological polar surface area (TPSA) is 113 Å². The fourth-order valence-electron chi connectivity index (χ4n) is 3.76. The van der Waals surface area contributed by atoms with Gasteiger partial charge in [0.05, 0.1) is 18.6 Å². The third-order valence-electron chi connectivity index (χ3n) is 5.45. The SMILES string of the molecule is Cn1cc(-c2cnc3cnn(S(=O)(=O)c4cnc5ccc(-c6ccc(F)nc6)cn45)c3c2)cn1. The van der Waals surface area contributed by atoms with Gasteiger partial charge in [0.15, 0.2) is 5.03 Å². The second-order valence-electron chi connectivity index (χ2n) is 7.64. The standard InChI is InChI=1S/C22H15FN8O2S/c1-29-12-17(9-27-29)16-6-19-18(24-8-16)10-28-31(19)34(32,33)22-11-26-21-5-3-15(13-30(21)22)14-2-4-20(23)25-7-14/h2-13H,1H3. The molecule has 0 N–H and O–H groups in total. The maximum atomic E-state index is 13.7. The van der Waals surface area contributed by atoms with E-state index in [1.54, 1.807) is 54.6 Å². The summed E-state index contributed by atoms with van der Waals surface area (Å²) in [5, 5.41) is 8.20. The second-order valence-corrected chi connectivity index (χ2v) is 9.35. The van der Waals surface area contributed by atoms with Gasteiger partial charge in [0, 0.05) is 54.1 Å². The Balaban J connectivity index is 1.50. The van der Waals surface area contributed by atoms with E-state index >= 15 is 0 Å². The molecule has 0 aliphatic carbocycles. The van der Waals surface area contributed by atoms with Gasteiger partial charge in [-0.1, -0.05) is 0 Å². The van der Waals surface area contributed by atoms with E-state index in [9.17, 15) is 12.8 Å². The molecule has 12 heteroatoms. The van der Waals surface area contributed by atoms with Gasteiger partial charge < -0.3 is 0 Å². The molecule has 0 aliphatic rings. The summed E-state index contributed by atoms with van der Waals surface area (Å²) >= 11 is 0. The number of hydrogen-bond acceptors (Lipinski definition) is 7. The van der Waals surface area contributed by atoms with Crippen molar-refractivity contribution in [3.05, 3.63) is 79.7 Å². The smallest absolute Gasteiger partial charge is 0.288 e. The first kappa shape index (κ1) is 20.2. The van der Waals surface area contributed by atoms with E-state index in [1.165, 1.54) is 29.1 Å². The van der Waals surface area contributed by atoms with Crippen LogP contribution in [0.2, 0.25) is 0 Å². The molecular formula is C22H15FN8O2S. The van der Waals surface area contributed by atoms with Crippen LogP contribution in [-0.2, 0) is 17.1 Å². The molecule has 10 nitrogen and oxygen atoms in total. The molecule has 0 aliphatic heterocycles. The third kappa shape index (κ3) is 3.15. The van der Waals surface area contributed by atoms with E-state index in [4.69, 9.17) is 0 Å². The second kappa shape index (κ2) is 7.28. The Morgan fingerprint density at radius 2 is 1.62 bits per heavy atom. The Hall–Kier alpha value is -4.45. The number of imidazole rings is 1. The molecule has 6 aromatic rings. The van der Waals surface area contributed by atoms with Crippen molar-refractivity contribution in [1.29, 1.82) is 0 Å². The number of halogens is 1. The molecule has 0 fully saturated rings. The van der Waals surface area contributed by atoms with Crippen LogP contribution in [0.5, 0.6) is 0 Å². The van der Waals surface area contributed by atoms with Gasteiger partial charge in [0.1, 0.15) is 16.7 Å². The zero-order chi connectivity index (χ0) is 23.4. The van der Waals surface area contributed by atoms with Crippen LogP contribution in [0.4, 0.5) is 4.39 Å². The lowest BCUT2D eigenvalue weighted by Crippen LogP contribution is -2.16. The van der Waals surface area contributed by atoms with Crippen molar-refractivity contribution < 1.29 is 12.8 Å². The molecule has 0 spiro atoms. The summed E-state index contributed by atoms with van der Waals surface area (Å²) in [6.45, 7) is 0. The molecule has 0 saturated carbocycles. The zero-order valence-corrected chi connectivity index (χ0v) is 18.4. The molecule has 0 aromatic carbocycles. The van der Waals surface area contributed by atoms with Crippen LogP contribution in [0.3, 0.4) is 0 Å². The fourth-order valence-corrected chi connectivity index (χ4v) is 5.09. The number of pyridine rings is 3. The van der Waals surface area contributed by atoms with Crippen LogP contribution in [0.15, 0.2) is 78.7 Å². The van der Waals surface area contributed by atoms with Crippen LogP contribution in [0, 0.1) is 5.95 Å². The molecule has 6 heterocycles. The van der Waals surface area contributed by atoms with E-state index in [0.717, 1.165) is 9.65 Å². The number of fused-ring (bicyclic) bond motifs is 2. The van der Waals surface area contributed by atoms with Crippen molar-refractivity contribution in [2.45, 2.75) is 5.03 Å². The van der Waals surface area contributed by atoms with Crippen molar-refractivity contribution >= 4 is 26.7 Å². The average Bonchev–Trinajstić information content (AvgIpc) is 3.56. The lowest BCUT2D eigenvalue weighted by molar-refractivity contribution is 0.577. The molecule has 6 rings (SSSR count). The molecule has 168 valence electrons. The van der Waals surface area contributed by atoms with Gasteiger partial charge in [-0.25, -0.2) is 9.97 Å². The summed E-state index contributed by atoms with van der Waals surface area (Å²) in [5.41, 5.74) is 3.99. The minimum atomic E-state index is -4.14. The maximum absolute atomic E-state index is 13.7. The Morgan fingerprint density at radius 1 is 0.794 bits per heavy atom. The minimum absolute atomic E-state index is 0.0730. The summed E-state index contributed by atoms with van der Waals surface area (Å²) in [4.78, 5) is 12.3. The molecular weight excluding hydrogens is 459 g/mol. The highest BCUT2D eigenvalue weighted by molar-refractivity contribution is 7.90. The molecule has 0 saturated heterocycles. The molecule has 0 bridgehead atoms. The minimum Gasteiger partial charge on any atom is -0.288 e. The predicted molar refractivity (Wildman–Crippen MR) is 121 cm³/mol. The number of rotatable bonds is 4. The fraction of sp³-hybridized carbons (Fsp3) is 0.0455. The highest BCUT2D eigenvalue weighted by Crippen LogP contribution is 2.26. The summed E-state index contributed by atoms with van der Waals surface area (Å²) < 4.78 is 44.6. The molecule has 0 amide bonds. The van der Waals surface area contributed by atoms with Gasteiger partial charge >= 0.3 is 10.0 Å². The van der Waals surface area contributed by atoms with Crippen LogP contribution in [0.25, 0.3) is 38.9 Å². The van der Waals surface area contributed by atoms with Crippen molar-refractivity contribution in [3.8, 4) is 22.3 Å². The molecule has 34 heavy (non-hydrogen) atoms. The predicted octanol–water partition coefficient (Wildman–Crippen LogP) is 2.92. The molecule has 0 atom stereocenters. The first-order chi connectivity index (χ1) is 16.4. The van der Waals surface area contributed by atoms with Gasteiger partial charge in [-0.3, -0.25) is 14.1 Å². The van der Waals surface area contributed by atoms with Crippen molar-refractivity contribution in [1.82, 2.24) is 38.3 Å². The van der Waals surface area contributed by atoms with E-state index in [-0.39, 0.29) is 5.03 Å². The normalized spacial score (nSPS) is 12.1. The van der Waals surface area contributed by atoms with E-state index in [1.807, 2.05) is 6.20 Å². The Labute approximate surface area is 192 Å². The van der Waals surface area contributed by atoms with Gasteiger partial charge in [-0.05, 0) is 30.3 Å². The summed E-state index contributed by atoms with van der Waals surface area (Å²) in [6.07, 6.45) is 10.8. The average molecular weight is 474 g/mol. The van der Waals surface area contributed by atoms with Crippen molar-refractivity contribution in [3.63, 3.8) is 0 Å². The van der Waals surface area contributed by atoms with E-state index in [0.29, 0.717) is 33.4 Å². The molecule has 0 radical (unpaired) electrons.